The topological polar surface area (TPSA) is 381 Å². The van der Waals surface area contributed by atoms with Crippen LogP contribution in [0.15, 0.2) is 24.8 Å². The summed E-state index contributed by atoms with van der Waals surface area (Å²) in [6.45, 7) is 2.59. The predicted molar refractivity (Wildman–Crippen MR) is 252 cm³/mol. The number of carbonyl (C=O) groups is 4. The third-order valence-electron chi connectivity index (χ3n) is 10.6. The van der Waals surface area contributed by atoms with Crippen LogP contribution < -0.4 is 16.4 Å². The molecule has 0 saturated carbocycles. The molecule has 69 heavy (non-hydrogen) atoms. The first-order valence-electron chi connectivity index (χ1n) is 22.7. The summed E-state index contributed by atoms with van der Waals surface area (Å²) in [6.07, 6.45) is 10.8. The molecule has 0 radical (unpaired) electrons. The zero-order chi connectivity index (χ0) is 51.3. The molecule has 7 atom stereocenters. The Morgan fingerprint density at radius 2 is 1.54 bits per heavy atom. The van der Waals surface area contributed by atoms with Gasteiger partial charge in [0, 0.05) is 49.9 Å². The van der Waals surface area contributed by atoms with Crippen molar-refractivity contribution in [2.75, 3.05) is 37.8 Å². The lowest BCUT2D eigenvalue weighted by Crippen LogP contribution is -2.46. The van der Waals surface area contributed by atoms with Crippen molar-refractivity contribution < 1.29 is 85.3 Å². The highest BCUT2D eigenvalue weighted by Gasteiger charge is 2.50. The van der Waals surface area contributed by atoms with Gasteiger partial charge in [-0.05, 0) is 32.1 Å². The number of phosphoric acid groups is 3. The number of hydrogen-bond donors (Lipinski definition) is 9. The molecule has 2 amide bonds. The van der Waals surface area contributed by atoms with Gasteiger partial charge in [0.15, 0.2) is 22.8 Å². The number of hydrogen-bond acceptors (Lipinski definition) is 19. The molecule has 25 nitrogen and oxygen atoms in total. The van der Waals surface area contributed by atoms with Crippen LogP contribution in [0.1, 0.15) is 123 Å². The molecule has 3 rings (SSSR count). The number of rotatable bonds is 35. The van der Waals surface area contributed by atoms with Gasteiger partial charge in [-0.3, -0.25) is 37.3 Å². The number of nitrogens with two attached hydrogens (primary N) is 1. The van der Waals surface area contributed by atoms with E-state index in [1.165, 1.54) is 39.5 Å². The second kappa shape index (κ2) is 29.5. The molecule has 1 aliphatic heterocycles. The van der Waals surface area contributed by atoms with E-state index in [0.29, 0.717) is 6.42 Å². The number of ketones is 1. The summed E-state index contributed by atoms with van der Waals surface area (Å²) in [5, 5.41) is 26.4. The zero-order valence-electron chi connectivity index (χ0n) is 39.0. The van der Waals surface area contributed by atoms with Crippen molar-refractivity contribution in [3.8, 4) is 0 Å². The molecule has 0 aliphatic carbocycles. The lowest BCUT2D eigenvalue weighted by molar-refractivity contribution is -0.137. The number of fused-ring (bicyclic) bond motifs is 1. The number of aromatic nitrogens is 4. The molecule has 1 aliphatic rings. The van der Waals surface area contributed by atoms with Gasteiger partial charge in [0.1, 0.15) is 42.0 Å². The third-order valence-corrected chi connectivity index (χ3v) is 14.6. The van der Waals surface area contributed by atoms with Crippen LogP contribution in [0.4, 0.5) is 5.82 Å². The first-order valence-corrected chi connectivity index (χ1v) is 28.2. The molecular formula is C40H68N7O18P3S. The molecule has 2 aromatic heterocycles. The van der Waals surface area contributed by atoms with Crippen molar-refractivity contribution in [3.63, 3.8) is 0 Å². The first-order chi connectivity index (χ1) is 32.4. The second-order valence-corrected chi connectivity index (χ2v) is 22.3. The Kier molecular flexibility index (Phi) is 25.8. The fraction of sp³-hybridized carbons (Fsp3) is 0.725. The average Bonchev–Trinajstić information content (AvgIpc) is 3.84. The number of amides is 2. The van der Waals surface area contributed by atoms with Gasteiger partial charge in [0.05, 0.1) is 19.5 Å². The number of thioether (sulfide) groups is 1. The van der Waals surface area contributed by atoms with Crippen LogP contribution in [0, 0.1) is 5.41 Å². The molecule has 0 bridgehead atoms. The minimum Gasteiger partial charge on any atom is -0.386 e. The molecule has 3 heterocycles. The quantitative estimate of drug-likeness (QED) is 0.0264. The maximum absolute atomic E-state index is 12.7. The van der Waals surface area contributed by atoms with Crippen LogP contribution in [0.3, 0.4) is 0 Å². The van der Waals surface area contributed by atoms with Crippen molar-refractivity contribution >= 4 is 74.9 Å². The molecule has 29 heteroatoms. The predicted octanol–water partition coefficient (Wildman–Crippen LogP) is 4.27. The van der Waals surface area contributed by atoms with E-state index < -0.39 is 84.6 Å². The third kappa shape index (κ3) is 22.5. The second-order valence-electron chi connectivity index (χ2n) is 17.0. The van der Waals surface area contributed by atoms with E-state index in [9.17, 15) is 62.7 Å². The molecule has 392 valence electrons. The summed E-state index contributed by atoms with van der Waals surface area (Å²) in [7, 11) is -16.4. The largest absolute Gasteiger partial charge is 0.481 e. The van der Waals surface area contributed by atoms with Gasteiger partial charge in [-0.1, -0.05) is 83.2 Å². The number of carbonyl (C=O) groups excluding carboxylic acids is 4. The van der Waals surface area contributed by atoms with E-state index in [2.05, 4.69) is 53.5 Å². The highest BCUT2D eigenvalue weighted by molar-refractivity contribution is 8.13. The Bertz CT molecular complexity index is 2150. The van der Waals surface area contributed by atoms with Gasteiger partial charge in [0.2, 0.25) is 11.8 Å². The number of aliphatic hydroxyl groups excluding tert-OH is 2. The number of unbranched alkanes of at least 4 members (excludes halogenated alkanes) is 9. The van der Waals surface area contributed by atoms with Crippen molar-refractivity contribution in [2.45, 2.75) is 148 Å². The van der Waals surface area contributed by atoms with E-state index >= 15 is 0 Å². The molecular weight excluding hydrogens is 991 g/mol. The van der Waals surface area contributed by atoms with Gasteiger partial charge < -0.3 is 50.9 Å². The number of nitrogens with one attached hydrogen (secondary N) is 2. The number of allylic oxidation sites excluding steroid dienone is 2. The Hall–Kier alpha value is -3.03. The highest BCUT2D eigenvalue weighted by atomic mass is 32.2. The van der Waals surface area contributed by atoms with Gasteiger partial charge in [-0.15, -0.1) is 0 Å². The molecule has 0 spiro atoms. The minimum absolute atomic E-state index is 0.0263. The van der Waals surface area contributed by atoms with Crippen LogP contribution in [0.2, 0.25) is 0 Å². The average molecular weight is 1060 g/mol. The maximum Gasteiger partial charge on any atom is 0.481 e. The number of aliphatic hydroxyl groups is 2. The lowest BCUT2D eigenvalue weighted by Gasteiger charge is -2.30. The van der Waals surface area contributed by atoms with Crippen LogP contribution in [0.5, 0.6) is 0 Å². The monoisotopic (exact) mass is 1060 g/mol. The normalized spacial score (nSPS) is 19.9. The Morgan fingerprint density at radius 1 is 0.884 bits per heavy atom. The van der Waals surface area contributed by atoms with E-state index in [1.807, 2.05) is 0 Å². The summed E-state index contributed by atoms with van der Waals surface area (Å²) in [4.78, 5) is 101. The van der Waals surface area contributed by atoms with E-state index in [-0.39, 0.29) is 66.0 Å². The summed E-state index contributed by atoms with van der Waals surface area (Å²) >= 11 is 1.00. The highest BCUT2D eigenvalue weighted by Crippen LogP contribution is 2.61. The van der Waals surface area contributed by atoms with Crippen LogP contribution in [-0.4, -0.2) is 128 Å². The summed E-state index contributed by atoms with van der Waals surface area (Å²) in [5.41, 5.74) is 4.25. The lowest BCUT2D eigenvalue weighted by atomic mass is 9.87. The number of Topliss-reactive ketones (excluding diaryl/α,β-unsaturated/α-hetero) is 1. The van der Waals surface area contributed by atoms with Crippen LogP contribution >= 0.6 is 35.2 Å². The number of ether oxygens (including phenoxy) is 1. The smallest absolute Gasteiger partial charge is 0.386 e. The van der Waals surface area contributed by atoms with E-state index in [4.69, 9.17) is 19.5 Å². The van der Waals surface area contributed by atoms with Gasteiger partial charge in [-0.2, -0.15) is 4.31 Å². The van der Waals surface area contributed by atoms with E-state index in [0.717, 1.165) is 73.9 Å². The Labute approximate surface area is 404 Å². The maximum atomic E-state index is 12.7. The number of anilines is 1. The minimum atomic E-state index is -5.59. The number of phosphoric ester groups is 3. The molecule has 10 N–H and O–H groups in total. The summed E-state index contributed by atoms with van der Waals surface area (Å²) in [5.74, 6) is -1.18. The molecule has 0 aromatic carbocycles. The van der Waals surface area contributed by atoms with Crippen LogP contribution in [0.25, 0.3) is 11.2 Å². The fourth-order valence-corrected chi connectivity index (χ4v) is 10.3. The molecule has 1 fully saturated rings. The standard InChI is InChI=1S/C40H68N7O18P3S/c1-4-5-6-7-8-9-10-11-12-13-14-15-16-17-28(48)18-19-31(50)69-23-22-42-30(49)20-21-43-38(53)35(52)40(2,3)25-62-68(59,60)65-67(57,58)61-24-29-34(64-66(54,55)56)33(51)39(63-29)47-27-46-32-36(41)44-26-45-37(32)47/h9-10,26-27,29,33-35,39,51-52H,4-8,11-25H2,1-3H3,(H,42,49)(H,43,53)(H,57,58)(H,59,60)(H2,41,44,45)(H2,54,55,56). The fourth-order valence-electron chi connectivity index (χ4n) is 6.77. The number of imidazole rings is 1. The van der Waals surface area contributed by atoms with Crippen molar-refractivity contribution in [2.24, 2.45) is 5.41 Å². The number of nitrogen functional groups attached to an aromatic ring is 1. The zero-order valence-corrected chi connectivity index (χ0v) is 42.5. The van der Waals surface area contributed by atoms with Gasteiger partial charge in [-0.25, -0.2) is 28.6 Å². The van der Waals surface area contributed by atoms with Crippen molar-refractivity contribution in [3.05, 3.63) is 24.8 Å². The summed E-state index contributed by atoms with van der Waals surface area (Å²) in [6, 6.07) is 0. The van der Waals surface area contributed by atoms with Crippen molar-refractivity contribution in [1.29, 1.82) is 0 Å². The SMILES string of the molecule is CCCCCCC=CCCCCCCCC(=O)CCC(=O)SCCNC(=O)CCNC(=O)C(O)C(C)(C)COP(=O)(O)OP(=O)(O)OCC1OC(n2cnc3c(N)ncnc32)C(O)C1OP(=O)(O)O. The molecule has 1 saturated heterocycles. The first kappa shape index (κ1) is 60.3. The van der Waals surface area contributed by atoms with E-state index in [1.54, 1.807) is 0 Å². The Morgan fingerprint density at radius 3 is 2.22 bits per heavy atom. The number of nitrogens with zero attached hydrogens (tertiary/aromatic N) is 4. The van der Waals surface area contributed by atoms with Gasteiger partial charge in [0.25, 0.3) is 0 Å². The summed E-state index contributed by atoms with van der Waals surface area (Å²) < 4.78 is 62.4. The molecule has 2 aromatic rings. The molecule has 7 unspecified atom stereocenters. The van der Waals surface area contributed by atoms with Crippen molar-refractivity contribution in [1.82, 2.24) is 30.2 Å². The van der Waals surface area contributed by atoms with Crippen LogP contribution in [-0.2, 0) is 55.5 Å². The van der Waals surface area contributed by atoms with Gasteiger partial charge >= 0.3 is 23.5 Å². The Balaban J connectivity index is 1.30.